The Kier molecular flexibility index (Phi) is 4.30. The minimum atomic E-state index is -0.716. The fourth-order valence-electron chi connectivity index (χ4n) is 1.30. The average molecular weight is 358 g/mol. The summed E-state index contributed by atoms with van der Waals surface area (Å²) in [6, 6.07) is 4.20. The first-order chi connectivity index (χ1) is 9.47. The topological polar surface area (TPSA) is 97.7 Å². The van der Waals surface area contributed by atoms with Crippen LogP contribution in [0.4, 0.5) is 5.88 Å². The molecule has 0 atom stereocenters. The maximum Gasteiger partial charge on any atom is 0.433 e. The van der Waals surface area contributed by atoms with Gasteiger partial charge >= 0.3 is 11.8 Å². The molecule has 20 heavy (non-hydrogen) atoms. The molecule has 2 heterocycles. The van der Waals surface area contributed by atoms with Gasteiger partial charge in [-0.15, -0.1) is 11.3 Å². The molecule has 0 unspecified atom stereocenters. The second kappa shape index (κ2) is 5.97. The molecule has 0 saturated carbocycles. The maximum absolute atomic E-state index is 11.6. The molecule has 0 aliphatic rings. The summed E-state index contributed by atoms with van der Waals surface area (Å²) in [5, 5.41) is 14.2. The molecule has 2 aromatic heterocycles. The van der Waals surface area contributed by atoms with Crippen molar-refractivity contribution in [2.75, 3.05) is 0 Å². The minimum absolute atomic E-state index is 0.169. The van der Waals surface area contributed by atoms with Gasteiger partial charge in [0.2, 0.25) is 5.76 Å². The molecule has 0 aliphatic carbocycles. The lowest BCUT2D eigenvalue weighted by molar-refractivity contribution is -0.402. The molecule has 2 rings (SSSR count). The smallest absolute Gasteiger partial charge is 0.395 e. The second-order valence-corrected chi connectivity index (χ2v) is 5.79. The van der Waals surface area contributed by atoms with Gasteiger partial charge in [0.1, 0.15) is 4.92 Å². The van der Waals surface area contributed by atoms with Crippen molar-refractivity contribution < 1.29 is 14.1 Å². The highest BCUT2D eigenvalue weighted by Crippen LogP contribution is 2.24. The quantitative estimate of drug-likeness (QED) is 0.516. The molecule has 0 spiro atoms. The van der Waals surface area contributed by atoms with Gasteiger partial charge in [-0.25, -0.2) is 5.43 Å². The van der Waals surface area contributed by atoms with Crippen molar-refractivity contribution in [1.29, 1.82) is 0 Å². The van der Waals surface area contributed by atoms with Gasteiger partial charge in [-0.2, -0.15) is 5.10 Å². The number of furan rings is 1. The molecule has 7 nitrogen and oxygen atoms in total. The van der Waals surface area contributed by atoms with Gasteiger partial charge in [0.25, 0.3) is 0 Å². The number of carbonyl (C=O) groups excluding carboxylic acids is 1. The van der Waals surface area contributed by atoms with Gasteiger partial charge < -0.3 is 4.42 Å². The second-order valence-electron chi connectivity index (χ2n) is 3.65. The zero-order valence-electron chi connectivity index (χ0n) is 10.1. The molecule has 104 valence electrons. The number of nitrogens with one attached hydrogen (secondary N) is 1. The molecule has 0 aliphatic heterocycles. The van der Waals surface area contributed by atoms with Crippen LogP contribution >= 0.6 is 27.3 Å². The molecule has 0 aromatic carbocycles. The van der Waals surface area contributed by atoms with Crippen molar-refractivity contribution in [2.24, 2.45) is 5.10 Å². The molecular formula is C11H8BrN3O4S. The molecule has 9 heteroatoms. The first-order valence-corrected chi connectivity index (χ1v) is 6.92. The van der Waals surface area contributed by atoms with Crippen molar-refractivity contribution in [3.8, 4) is 0 Å². The molecule has 0 radical (unpaired) electrons. The van der Waals surface area contributed by atoms with E-state index in [1.54, 1.807) is 0 Å². The predicted molar refractivity (Wildman–Crippen MR) is 77.2 cm³/mol. The predicted octanol–water partition coefficient (Wildman–Crippen LogP) is 3.08. The highest BCUT2D eigenvalue weighted by atomic mass is 79.9. The van der Waals surface area contributed by atoms with Crippen LogP contribution in [-0.2, 0) is 0 Å². The van der Waals surface area contributed by atoms with E-state index >= 15 is 0 Å². The zero-order valence-corrected chi connectivity index (χ0v) is 12.5. The standard InChI is InChI=1S/C11H8BrN3O4S/c1-6-8(12)4-7(20-6)5-13-14-11(16)9-2-3-10(19-9)15(17)18/h2-5H,1H3,(H,14,16). The van der Waals surface area contributed by atoms with Crippen LogP contribution in [0, 0.1) is 17.0 Å². The number of rotatable bonds is 4. The normalized spacial score (nSPS) is 10.9. The van der Waals surface area contributed by atoms with E-state index in [1.807, 2.05) is 13.0 Å². The largest absolute Gasteiger partial charge is 0.433 e. The van der Waals surface area contributed by atoms with Crippen LogP contribution in [-0.4, -0.2) is 17.0 Å². The van der Waals surface area contributed by atoms with Crippen molar-refractivity contribution in [3.63, 3.8) is 0 Å². The van der Waals surface area contributed by atoms with Gasteiger partial charge in [0.15, 0.2) is 0 Å². The number of hydrogen-bond acceptors (Lipinski definition) is 6. The van der Waals surface area contributed by atoms with Crippen LogP contribution in [0.2, 0.25) is 0 Å². The van der Waals surface area contributed by atoms with E-state index in [4.69, 9.17) is 4.42 Å². The third kappa shape index (κ3) is 3.31. The van der Waals surface area contributed by atoms with Crippen LogP contribution < -0.4 is 5.43 Å². The number of nitrogens with zero attached hydrogens (tertiary/aromatic N) is 2. The minimum Gasteiger partial charge on any atom is -0.395 e. The Labute approximate surface area is 125 Å². The first kappa shape index (κ1) is 14.4. The van der Waals surface area contributed by atoms with Gasteiger partial charge in [0.05, 0.1) is 12.3 Å². The highest BCUT2D eigenvalue weighted by molar-refractivity contribution is 9.10. The van der Waals surface area contributed by atoms with E-state index in [2.05, 4.69) is 26.5 Å². The molecule has 0 fully saturated rings. The van der Waals surface area contributed by atoms with Crippen LogP contribution in [0.3, 0.4) is 0 Å². The number of aryl methyl sites for hydroxylation is 1. The number of hydrazone groups is 1. The number of nitro groups is 1. The van der Waals surface area contributed by atoms with Crippen molar-refractivity contribution >= 4 is 45.3 Å². The van der Waals surface area contributed by atoms with Gasteiger partial charge in [-0.05, 0) is 35.0 Å². The van der Waals surface area contributed by atoms with Crippen molar-refractivity contribution in [3.05, 3.63) is 48.3 Å². The Bertz CT molecular complexity index is 672. The van der Waals surface area contributed by atoms with Crippen LogP contribution in [0.5, 0.6) is 0 Å². The number of hydrogen-bond donors (Lipinski definition) is 1. The molecule has 1 amide bonds. The Balaban J connectivity index is 1.99. The van der Waals surface area contributed by atoms with Crippen molar-refractivity contribution in [1.82, 2.24) is 5.43 Å². The molecule has 2 aromatic rings. The first-order valence-electron chi connectivity index (χ1n) is 5.31. The van der Waals surface area contributed by atoms with Crippen molar-refractivity contribution in [2.45, 2.75) is 6.92 Å². The third-order valence-corrected chi connectivity index (χ3v) is 4.30. The van der Waals surface area contributed by atoms with Crippen LogP contribution in [0.1, 0.15) is 20.3 Å². The van der Waals surface area contributed by atoms with Crippen LogP contribution in [0.15, 0.2) is 32.2 Å². The number of carbonyl (C=O) groups is 1. The Morgan fingerprint density at radius 1 is 1.60 bits per heavy atom. The fraction of sp³-hybridized carbons (Fsp3) is 0.0909. The number of amides is 1. The average Bonchev–Trinajstić information content (AvgIpc) is 2.97. The summed E-state index contributed by atoms with van der Waals surface area (Å²) in [7, 11) is 0. The summed E-state index contributed by atoms with van der Waals surface area (Å²) >= 11 is 4.88. The van der Waals surface area contributed by atoms with Crippen LogP contribution in [0.25, 0.3) is 0 Å². The lowest BCUT2D eigenvalue weighted by atomic mass is 10.4. The summed E-state index contributed by atoms with van der Waals surface area (Å²) in [5.41, 5.74) is 2.23. The maximum atomic E-state index is 11.6. The van der Waals surface area contributed by atoms with E-state index in [0.29, 0.717) is 0 Å². The van der Waals surface area contributed by atoms with E-state index in [9.17, 15) is 14.9 Å². The zero-order chi connectivity index (χ0) is 14.7. The lowest BCUT2D eigenvalue weighted by Crippen LogP contribution is -2.16. The monoisotopic (exact) mass is 357 g/mol. The molecule has 0 bridgehead atoms. The fourth-order valence-corrected chi connectivity index (χ4v) is 2.74. The summed E-state index contributed by atoms with van der Waals surface area (Å²) in [6.45, 7) is 1.95. The van der Waals surface area contributed by atoms with E-state index in [1.165, 1.54) is 23.6 Å². The van der Waals surface area contributed by atoms with E-state index in [0.717, 1.165) is 20.3 Å². The lowest BCUT2D eigenvalue weighted by Gasteiger charge is -1.93. The Morgan fingerprint density at radius 3 is 2.90 bits per heavy atom. The number of thiophene rings is 1. The Hall–Kier alpha value is -2.00. The van der Waals surface area contributed by atoms with Gasteiger partial charge in [0, 0.05) is 14.2 Å². The van der Waals surface area contributed by atoms with Gasteiger partial charge in [-0.3, -0.25) is 14.9 Å². The molecule has 0 saturated heterocycles. The van der Waals surface area contributed by atoms with E-state index < -0.39 is 16.7 Å². The highest BCUT2D eigenvalue weighted by Gasteiger charge is 2.16. The summed E-state index contributed by atoms with van der Waals surface area (Å²) in [4.78, 5) is 23.3. The Morgan fingerprint density at radius 2 is 2.35 bits per heavy atom. The summed E-state index contributed by atoms with van der Waals surface area (Å²) < 4.78 is 5.71. The number of halogens is 1. The summed E-state index contributed by atoms with van der Waals surface area (Å²) in [6.07, 6.45) is 1.48. The van der Waals surface area contributed by atoms with Gasteiger partial charge in [-0.1, -0.05) is 0 Å². The van der Waals surface area contributed by atoms with E-state index in [-0.39, 0.29) is 5.76 Å². The summed E-state index contributed by atoms with van der Waals surface area (Å²) in [5.74, 6) is -1.31. The molecule has 1 N–H and O–H groups in total. The third-order valence-electron chi connectivity index (χ3n) is 2.23. The SMILES string of the molecule is Cc1sc(C=NNC(=O)c2ccc([N+](=O)[O-])o2)cc1Br. The molecular weight excluding hydrogens is 350 g/mol.